The van der Waals surface area contributed by atoms with E-state index in [0.717, 1.165) is 18.4 Å². The van der Waals surface area contributed by atoms with E-state index in [2.05, 4.69) is 10.9 Å². The van der Waals surface area contributed by atoms with Crippen LogP contribution in [0.25, 0.3) is 0 Å². The second-order valence-electron chi connectivity index (χ2n) is 5.18. The lowest BCUT2D eigenvalue weighted by atomic mass is 10.1. The zero-order valence-corrected chi connectivity index (χ0v) is 13.6. The molecule has 2 rings (SSSR count). The van der Waals surface area contributed by atoms with Crippen LogP contribution in [0.5, 0.6) is 0 Å². The molecule has 0 radical (unpaired) electrons. The van der Waals surface area contributed by atoms with Gasteiger partial charge in [0.05, 0.1) is 5.75 Å². The second kappa shape index (κ2) is 7.22. The van der Waals surface area contributed by atoms with Gasteiger partial charge in [0.2, 0.25) is 0 Å². The Bertz CT molecular complexity index is 847. The molecule has 2 aromatic carbocycles. The Balaban J connectivity index is 1.95. The van der Waals surface area contributed by atoms with Crippen LogP contribution in [0.2, 0.25) is 0 Å². The van der Waals surface area contributed by atoms with Gasteiger partial charge in [-0.1, -0.05) is 12.1 Å². The van der Waals surface area contributed by atoms with Crippen LogP contribution in [0.15, 0.2) is 48.5 Å². The number of benzene rings is 2. The number of halogens is 1. The van der Waals surface area contributed by atoms with E-state index in [1.54, 1.807) is 0 Å². The number of hydrazine groups is 1. The maximum atomic E-state index is 12.8. The molecule has 0 fully saturated rings. The molecule has 2 N–H and O–H groups in total. The van der Waals surface area contributed by atoms with Gasteiger partial charge >= 0.3 is 0 Å². The molecule has 0 aliphatic rings. The van der Waals surface area contributed by atoms with E-state index in [0.29, 0.717) is 5.56 Å². The third kappa shape index (κ3) is 5.17. The molecular weight excluding hydrogens is 335 g/mol. The first-order chi connectivity index (χ1) is 11.2. The fourth-order valence-electron chi connectivity index (χ4n) is 1.91. The average Bonchev–Trinajstić information content (AvgIpc) is 2.52. The van der Waals surface area contributed by atoms with Crippen LogP contribution in [0.1, 0.15) is 26.3 Å². The van der Waals surface area contributed by atoms with Crippen molar-refractivity contribution in [2.75, 3.05) is 6.26 Å². The number of rotatable bonds is 4. The van der Waals surface area contributed by atoms with Crippen molar-refractivity contribution in [3.8, 4) is 0 Å². The molecule has 0 saturated heterocycles. The van der Waals surface area contributed by atoms with Gasteiger partial charge in [-0.05, 0) is 42.0 Å². The highest BCUT2D eigenvalue weighted by atomic mass is 32.2. The van der Waals surface area contributed by atoms with Crippen molar-refractivity contribution in [2.45, 2.75) is 5.75 Å². The van der Waals surface area contributed by atoms with Gasteiger partial charge in [-0.2, -0.15) is 0 Å². The second-order valence-corrected chi connectivity index (χ2v) is 7.32. The normalized spacial score (nSPS) is 10.9. The SMILES string of the molecule is CS(=O)(=O)Cc1ccc(C(=O)NNC(=O)c2ccc(F)cc2)cc1. The molecule has 2 amide bonds. The summed E-state index contributed by atoms with van der Waals surface area (Å²) in [5.74, 6) is -1.73. The minimum absolute atomic E-state index is 0.115. The molecule has 24 heavy (non-hydrogen) atoms. The molecule has 2 aromatic rings. The van der Waals surface area contributed by atoms with Crippen molar-refractivity contribution >= 4 is 21.7 Å². The van der Waals surface area contributed by atoms with Crippen LogP contribution in [0.4, 0.5) is 4.39 Å². The number of hydrogen-bond donors (Lipinski definition) is 2. The number of carbonyl (C=O) groups excluding carboxylic acids is 2. The summed E-state index contributed by atoms with van der Waals surface area (Å²) >= 11 is 0. The molecule has 0 spiro atoms. The molecule has 0 saturated carbocycles. The third-order valence-electron chi connectivity index (χ3n) is 3.04. The Hall–Kier alpha value is -2.74. The van der Waals surface area contributed by atoms with Crippen LogP contribution in [-0.4, -0.2) is 26.5 Å². The highest BCUT2D eigenvalue weighted by Crippen LogP contribution is 2.08. The lowest BCUT2D eigenvalue weighted by molar-refractivity contribution is 0.0846. The molecule has 0 heterocycles. The molecule has 0 aliphatic carbocycles. The molecule has 6 nitrogen and oxygen atoms in total. The van der Waals surface area contributed by atoms with Crippen molar-refractivity contribution in [1.82, 2.24) is 10.9 Å². The van der Waals surface area contributed by atoms with E-state index < -0.39 is 27.5 Å². The first kappa shape index (κ1) is 17.6. The summed E-state index contributed by atoms with van der Waals surface area (Å²) in [5, 5.41) is 0. The lowest BCUT2D eigenvalue weighted by Gasteiger charge is -2.08. The molecule has 126 valence electrons. The molecule has 0 atom stereocenters. The molecule has 0 aliphatic heterocycles. The van der Waals surface area contributed by atoms with Gasteiger partial charge in [-0.3, -0.25) is 20.4 Å². The van der Waals surface area contributed by atoms with E-state index in [1.807, 2.05) is 0 Å². The predicted molar refractivity (Wildman–Crippen MR) is 86.3 cm³/mol. The van der Waals surface area contributed by atoms with E-state index in [4.69, 9.17) is 0 Å². The minimum Gasteiger partial charge on any atom is -0.267 e. The van der Waals surface area contributed by atoms with Crippen molar-refractivity contribution in [1.29, 1.82) is 0 Å². The molecule has 0 aromatic heterocycles. The number of hydrogen-bond acceptors (Lipinski definition) is 4. The summed E-state index contributed by atoms with van der Waals surface area (Å²) in [6, 6.07) is 10.8. The minimum atomic E-state index is -3.15. The van der Waals surface area contributed by atoms with Crippen molar-refractivity contribution in [2.24, 2.45) is 0 Å². The van der Waals surface area contributed by atoms with Gasteiger partial charge in [-0.15, -0.1) is 0 Å². The zero-order valence-electron chi connectivity index (χ0n) is 12.7. The number of carbonyl (C=O) groups is 2. The quantitative estimate of drug-likeness (QED) is 0.816. The van der Waals surface area contributed by atoms with Crippen molar-refractivity contribution in [3.05, 3.63) is 71.0 Å². The Morgan fingerprint density at radius 1 is 0.875 bits per heavy atom. The summed E-state index contributed by atoms with van der Waals surface area (Å²) < 4.78 is 35.2. The Kier molecular flexibility index (Phi) is 5.30. The van der Waals surface area contributed by atoms with Crippen LogP contribution < -0.4 is 10.9 Å². The summed E-state index contributed by atoms with van der Waals surface area (Å²) in [7, 11) is -3.15. The third-order valence-corrected chi connectivity index (χ3v) is 3.90. The number of nitrogens with one attached hydrogen (secondary N) is 2. The first-order valence-corrected chi connectivity index (χ1v) is 8.93. The van der Waals surface area contributed by atoms with Crippen LogP contribution in [-0.2, 0) is 15.6 Å². The molecule has 0 bridgehead atoms. The maximum Gasteiger partial charge on any atom is 0.269 e. The van der Waals surface area contributed by atoms with Gasteiger partial charge in [0.25, 0.3) is 11.8 Å². The van der Waals surface area contributed by atoms with Gasteiger partial charge < -0.3 is 0 Å². The Labute approximate surface area is 138 Å². The summed E-state index contributed by atoms with van der Waals surface area (Å²) in [5.41, 5.74) is 5.45. The van der Waals surface area contributed by atoms with Gasteiger partial charge in [-0.25, -0.2) is 12.8 Å². The fourth-order valence-corrected chi connectivity index (χ4v) is 2.71. The Morgan fingerprint density at radius 2 is 1.29 bits per heavy atom. The van der Waals surface area contributed by atoms with Crippen molar-refractivity contribution < 1.29 is 22.4 Å². The first-order valence-electron chi connectivity index (χ1n) is 6.87. The van der Waals surface area contributed by atoms with E-state index in [-0.39, 0.29) is 16.9 Å². The monoisotopic (exact) mass is 350 g/mol. The summed E-state index contributed by atoms with van der Waals surface area (Å²) in [6.45, 7) is 0. The zero-order chi connectivity index (χ0) is 17.7. The molecule has 8 heteroatoms. The van der Waals surface area contributed by atoms with Crippen molar-refractivity contribution in [3.63, 3.8) is 0 Å². The largest absolute Gasteiger partial charge is 0.269 e. The van der Waals surface area contributed by atoms with Crippen LogP contribution >= 0.6 is 0 Å². The molecular formula is C16H15FN2O4S. The number of amides is 2. The number of sulfone groups is 1. The predicted octanol–water partition coefficient (Wildman–Crippen LogP) is 1.45. The van der Waals surface area contributed by atoms with Gasteiger partial charge in [0.1, 0.15) is 5.82 Å². The van der Waals surface area contributed by atoms with E-state index in [1.165, 1.54) is 36.4 Å². The van der Waals surface area contributed by atoms with E-state index >= 15 is 0 Å². The topological polar surface area (TPSA) is 92.3 Å². The molecule has 0 unspecified atom stereocenters. The fraction of sp³-hybridized carbons (Fsp3) is 0.125. The highest BCUT2D eigenvalue weighted by molar-refractivity contribution is 7.89. The summed E-state index contributed by atoms with van der Waals surface area (Å²) in [6.07, 6.45) is 1.12. The van der Waals surface area contributed by atoms with E-state index in [9.17, 15) is 22.4 Å². The lowest BCUT2D eigenvalue weighted by Crippen LogP contribution is -2.41. The van der Waals surface area contributed by atoms with Crippen LogP contribution in [0, 0.1) is 5.82 Å². The Morgan fingerprint density at radius 3 is 1.71 bits per heavy atom. The maximum absolute atomic E-state index is 12.8. The summed E-state index contributed by atoms with van der Waals surface area (Å²) in [4.78, 5) is 23.7. The van der Waals surface area contributed by atoms with Gasteiger partial charge in [0.15, 0.2) is 9.84 Å². The smallest absolute Gasteiger partial charge is 0.267 e. The standard InChI is InChI=1S/C16H15FN2O4S/c1-24(22,23)10-11-2-4-12(5-3-11)15(20)18-19-16(21)13-6-8-14(17)9-7-13/h2-9H,10H2,1H3,(H,18,20)(H,19,21). The van der Waals surface area contributed by atoms with Gasteiger partial charge in [0, 0.05) is 17.4 Å². The average molecular weight is 350 g/mol. The van der Waals surface area contributed by atoms with Crippen LogP contribution in [0.3, 0.4) is 0 Å². The highest BCUT2D eigenvalue weighted by Gasteiger charge is 2.10.